The van der Waals surface area contributed by atoms with Crippen molar-refractivity contribution in [2.75, 3.05) is 0 Å². The third-order valence-electron chi connectivity index (χ3n) is 5.34. The van der Waals surface area contributed by atoms with E-state index in [4.69, 9.17) is 0 Å². The first-order chi connectivity index (χ1) is 12.4. The van der Waals surface area contributed by atoms with Crippen molar-refractivity contribution in [2.45, 2.75) is 13.0 Å². The summed E-state index contributed by atoms with van der Waals surface area (Å²) in [4.78, 5) is 0. The maximum atomic E-state index is 10.1. The van der Waals surface area contributed by atoms with Crippen molar-refractivity contribution in [3.8, 4) is 22.3 Å². The van der Waals surface area contributed by atoms with E-state index in [2.05, 4.69) is 66.7 Å². The minimum atomic E-state index is 0.0489. The van der Waals surface area contributed by atoms with E-state index in [-0.39, 0.29) is 6.61 Å². The zero-order valence-electron chi connectivity index (χ0n) is 13.9. The van der Waals surface area contributed by atoms with E-state index in [1.807, 2.05) is 12.1 Å². The second-order valence-corrected chi connectivity index (χ2v) is 6.64. The van der Waals surface area contributed by atoms with Crippen molar-refractivity contribution in [3.63, 3.8) is 0 Å². The van der Waals surface area contributed by atoms with Crippen molar-refractivity contribution < 1.29 is 5.11 Å². The molecule has 4 aromatic rings. The van der Waals surface area contributed by atoms with Crippen LogP contribution in [0.3, 0.4) is 0 Å². The third kappa shape index (κ3) is 2.13. The summed E-state index contributed by atoms with van der Waals surface area (Å²) in [7, 11) is 0. The molecule has 1 heteroatoms. The monoisotopic (exact) mass is 322 g/mol. The molecule has 0 spiro atoms. The number of aliphatic hydroxyl groups is 1. The molecule has 0 bridgehead atoms. The molecule has 1 aliphatic carbocycles. The predicted molar refractivity (Wildman–Crippen MR) is 104 cm³/mol. The van der Waals surface area contributed by atoms with Gasteiger partial charge < -0.3 is 5.11 Å². The Bertz CT molecular complexity index is 1110. The Morgan fingerprint density at radius 3 is 2.24 bits per heavy atom. The van der Waals surface area contributed by atoms with Gasteiger partial charge in [-0.25, -0.2) is 0 Å². The van der Waals surface area contributed by atoms with Gasteiger partial charge in [-0.05, 0) is 56.1 Å². The molecule has 0 heterocycles. The molecule has 0 atom stereocenters. The van der Waals surface area contributed by atoms with Crippen LogP contribution in [-0.4, -0.2) is 5.11 Å². The van der Waals surface area contributed by atoms with Crippen molar-refractivity contribution in [2.24, 2.45) is 0 Å². The van der Waals surface area contributed by atoms with Gasteiger partial charge in [0, 0.05) is 0 Å². The Balaban J connectivity index is 1.78. The van der Waals surface area contributed by atoms with Crippen LogP contribution in [0.25, 0.3) is 33.0 Å². The summed E-state index contributed by atoms with van der Waals surface area (Å²) in [6, 6.07) is 27.8. The number of benzene rings is 4. The first kappa shape index (κ1) is 14.4. The van der Waals surface area contributed by atoms with Gasteiger partial charge in [-0.3, -0.25) is 0 Å². The molecule has 0 saturated carbocycles. The lowest BCUT2D eigenvalue weighted by Crippen LogP contribution is -1.95. The number of rotatable bonds is 2. The van der Waals surface area contributed by atoms with Gasteiger partial charge in [-0.15, -0.1) is 0 Å². The van der Waals surface area contributed by atoms with E-state index in [1.165, 1.54) is 33.2 Å². The van der Waals surface area contributed by atoms with E-state index in [0.717, 1.165) is 22.9 Å². The number of hydrogen-bond donors (Lipinski definition) is 1. The fourth-order valence-corrected chi connectivity index (χ4v) is 4.17. The Morgan fingerprint density at radius 2 is 1.36 bits per heavy atom. The Hall–Kier alpha value is -2.90. The maximum absolute atomic E-state index is 10.1. The van der Waals surface area contributed by atoms with Crippen molar-refractivity contribution in [1.29, 1.82) is 0 Å². The lowest BCUT2D eigenvalue weighted by Gasteiger charge is -2.15. The fourth-order valence-electron chi connectivity index (χ4n) is 4.17. The highest BCUT2D eigenvalue weighted by atomic mass is 16.3. The first-order valence-electron chi connectivity index (χ1n) is 8.69. The van der Waals surface area contributed by atoms with Gasteiger partial charge in [0.15, 0.2) is 0 Å². The van der Waals surface area contributed by atoms with Gasteiger partial charge in [0.05, 0.1) is 6.61 Å². The van der Waals surface area contributed by atoms with Crippen LogP contribution >= 0.6 is 0 Å². The maximum Gasteiger partial charge on any atom is 0.0693 e. The molecule has 1 N–H and O–H groups in total. The second kappa shape index (κ2) is 5.58. The smallest absolute Gasteiger partial charge is 0.0693 e. The van der Waals surface area contributed by atoms with E-state index >= 15 is 0 Å². The van der Waals surface area contributed by atoms with Crippen molar-refractivity contribution in [1.82, 2.24) is 0 Å². The fraction of sp³-hybridized carbons (Fsp3) is 0.0833. The van der Waals surface area contributed by atoms with Crippen LogP contribution in [0.4, 0.5) is 0 Å². The van der Waals surface area contributed by atoms with Crippen LogP contribution in [0.1, 0.15) is 16.7 Å². The van der Waals surface area contributed by atoms with E-state index in [9.17, 15) is 5.11 Å². The third-order valence-corrected chi connectivity index (χ3v) is 5.34. The van der Waals surface area contributed by atoms with Crippen LogP contribution in [-0.2, 0) is 13.0 Å². The minimum absolute atomic E-state index is 0.0489. The zero-order valence-corrected chi connectivity index (χ0v) is 13.9. The molecule has 1 aliphatic rings. The van der Waals surface area contributed by atoms with E-state index < -0.39 is 0 Å². The minimum Gasteiger partial charge on any atom is -0.392 e. The summed E-state index contributed by atoms with van der Waals surface area (Å²) < 4.78 is 0. The normalized spacial score (nSPS) is 12.2. The Labute approximate surface area is 147 Å². The van der Waals surface area contributed by atoms with E-state index in [0.29, 0.717) is 0 Å². The molecule has 0 amide bonds. The summed E-state index contributed by atoms with van der Waals surface area (Å²) in [6.45, 7) is 0.0489. The average Bonchev–Trinajstić information content (AvgIpc) is 3.06. The number of fused-ring (bicyclic) bond motifs is 4. The molecule has 0 fully saturated rings. The van der Waals surface area contributed by atoms with Crippen LogP contribution < -0.4 is 0 Å². The van der Waals surface area contributed by atoms with Gasteiger partial charge in [-0.2, -0.15) is 0 Å². The summed E-state index contributed by atoms with van der Waals surface area (Å²) in [5.74, 6) is 0. The van der Waals surface area contributed by atoms with Gasteiger partial charge >= 0.3 is 0 Å². The van der Waals surface area contributed by atoms with Gasteiger partial charge in [0.2, 0.25) is 0 Å². The van der Waals surface area contributed by atoms with Crippen LogP contribution in [0.15, 0.2) is 78.9 Å². The molecule has 0 unspecified atom stereocenters. The molecular formula is C24H18O. The summed E-state index contributed by atoms with van der Waals surface area (Å²) >= 11 is 0. The zero-order chi connectivity index (χ0) is 16.8. The molecule has 120 valence electrons. The molecular weight excluding hydrogens is 304 g/mol. The van der Waals surface area contributed by atoms with Crippen LogP contribution in [0, 0.1) is 0 Å². The number of hydrogen-bond acceptors (Lipinski definition) is 1. The lowest BCUT2D eigenvalue weighted by molar-refractivity contribution is 0.284. The average molecular weight is 322 g/mol. The van der Waals surface area contributed by atoms with E-state index in [1.54, 1.807) is 0 Å². The predicted octanol–water partition coefficient (Wildman–Crippen LogP) is 5.57. The summed E-state index contributed by atoms with van der Waals surface area (Å²) in [5.41, 5.74) is 8.82. The van der Waals surface area contributed by atoms with Gasteiger partial charge in [0.25, 0.3) is 0 Å². The van der Waals surface area contributed by atoms with Gasteiger partial charge in [0.1, 0.15) is 0 Å². The Morgan fingerprint density at radius 1 is 0.640 bits per heavy atom. The first-order valence-corrected chi connectivity index (χ1v) is 8.69. The quantitative estimate of drug-likeness (QED) is 0.450. The molecule has 0 radical (unpaired) electrons. The Kier molecular flexibility index (Phi) is 3.22. The molecule has 0 aliphatic heterocycles. The highest BCUT2D eigenvalue weighted by Crippen LogP contribution is 2.43. The SMILES string of the molecule is OCc1c(-c2cccc3c2Cc2ccccc2-3)ccc2ccccc12. The number of aliphatic hydroxyl groups excluding tert-OH is 1. The largest absolute Gasteiger partial charge is 0.392 e. The van der Waals surface area contributed by atoms with Crippen LogP contribution in [0.5, 0.6) is 0 Å². The highest BCUT2D eigenvalue weighted by molar-refractivity contribution is 5.94. The summed E-state index contributed by atoms with van der Waals surface area (Å²) in [6.07, 6.45) is 0.958. The molecule has 25 heavy (non-hydrogen) atoms. The van der Waals surface area contributed by atoms with Crippen LogP contribution in [0.2, 0.25) is 0 Å². The molecule has 5 rings (SSSR count). The molecule has 0 aromatic heterocycles. The van der Waals surface area contributed by atoms with Crippen molar-refractivity contribution >= 4 is 10.8 Å². The molecule has 1 nitrogen and oxygen atoms in total. The highest BCUT2D eigenvalue weighted by Gasteiger charge is 2.22. The van der Waals surface area contributed by atoms with Gasteiger partial charge in [-0.1, -0.05) is 78.9 Å². The summed E-state index contributed by atoms with van der Waals surface area (Å²) in [5, 5.41) is 12.4. The second-order valence-electron chi connectivity index (χ2n) is 6.64. The molecule has 4 aromatic carbocycles. The van der Waals surface area contributed by atoms with Crippen molar-refractivity contribution in [3.05, 3.63) is 95.6 Å². The topological polar surface area (TPSA) is 20.2 Å². The lowest BCUT2D eigenvalue weighted by atomic mass is 9.90. The standard InChI is InChI=1S/C24H18O/c25-15-24-18-8-3-1-6-16(18)12-13-22(24)21-11-5-10-20-19-9-4-2-7-17(19)14-23(20)21/h1-13,25H,14-15H2. The molecule has 0 saturated heterocycles.